The molecule has 1 heterocycles. The molecule has 2 N–H and O–H groups in total. The van der Waals surface area contributed by atoms with Crippen LogP contribution in [0.1, 0.15) is 20.8 Å². The van der Waals surface area contributed by atoms with Crippen molar-refractivity contribution in [1.29, 1.82) is 0 Å². The number of nitrogens with zero attached hydrogens (tertiary/aromatic N) is 1. The van der Waals surface area contributed by atoms with Crippen LogP contribution >= 0.6 is 0 Å². The van der Waals surface area contributed by atoms with E-state index >= 15 is 0 Å². The van der Waals surface area contributed by atoms with Gasteiger partial charge in [-0.05, 0) is 38.0 Å². The molecule has 0 saturated carbocycles. The highest BCUT2D eigenvalue weighted by molar-refractivity contribution is 5.35. The van der Waals surface area contributed by atoms with Gasteiger partial charge in [-0.15, -0.1) is 0 Å². The molecule has 0 saturated heterocycles. The highest BCUT2D eigenvalue weighted by atomic mass is 15.1. The second kappa shape index (κ2) is 4.29. The normalized spacial score (nSPS) is 18.1. The maximum Gasteiger partial charge on any atom is 0.0380 e. The summed E-state index contributed by atoms with van der Waals surface area (Å²) < 4.78 is 0. The molecular weight excluding hydrogens is 172 g/mol. The average Bonchev–Trinajstić information content (AvgIpc) is 2.19. The van der Waals surface area contributed by atoms with Gasteiger partial charge >= 0.3 is 0 Å². The zero-order valence-corrected chi connectivity index (χ0v) is 9.17. The van der Waals surface area contributed by atoms with Crippen LogP contribution in [-0.4, -0.2) is 11.4 Å². The molecule has 0 aromatic heterocycles. The van der Waals surface area contributed by atoms with Gasteiger partial charge in [-0.2, -0.15) is 0 Å². The standard InChI is InChI=1S/C12H18N2/c1-9-5-6-11(3)14(8-9)12(4)10(2)7-13/h5-6,8H,3,7,13H2,1-2,4H3/b12-10+. The van der Waals surface area contributed by atoms with Crippen LogP contribution in [0.25, 0.3) is 0 Å². The third-order valence-corrected chi connectivity index (χ3v) is 2.47. The van der Waals surface area contributed by atoms with E-state index in [2.05, 4.69) is 37.6 Å². The zero-order valence-electron chi connectivity index (χ0n) is 9.17. The fourth-order valence-electron chi connectivity index (χ4n) is 1.30. The van der Waals surface area contributed by atoms with Crippen LogP contribution in [0.3, 0.4) is 0 Å². The van der Waals surface area contributed by atoms with Gasteiger partial charge in [0.2, 0.25) is 0 Å². The Balaban J connectivity index is 2.99. The fourth-order valence-corrected chi connectivity index (χ4v) is 1.30. The molecule has 2 heteroatoms. The van der Waals surface area contributed by atoms with Gasteiger partial charge < -0.3 is 10.6 Å². The van der Waals surface area contributed by atoms with Crippen LogP contribution in [-0.2, 0) is 0 Å². The van der Waals surface area contributed by atoms with Crippen molar-refractivity contribution in [2.45, 2.75) is 20.8 Å². The van der Waals surface area contributed by atoms with Crippen LogP contribution in [0, 0.1) is 0 Å². The van der Waals surface area contributed by atoms with Crippen LogP contribution in [0.15, 0.2) is 47.5 Å². The lowest BCUT2D eigenvalue weighted by molar-refractivity contribution is 0.576. The first-order valence-electron chi connectivity index (χ1n) is 4.77. The monoisotopic (exact) mass is 190 g/mol. The Morgan fingerprint density at radius 2 is 2.07 bits per heavy atom. The van der Waals surface area contributed by atoms with E-state index in [0.717, 1.165) is 5.70 Å². The van der Waals surface area contributed by atoms with E-state index in [-0.39, 0.29) is 0 Å². The minimum absolute atomic E-state index is 0.589. The molecule has 0 aliphatic carbocycles. The van der Waals surface area contributed by atoms with Crippen LogP contribution in [0.2, 0.25) is 0 Å². The Labute approximate surface area is 86.1 Å². The van der Waals surface area contributed by atoms with Crippen molar-refractivity contribution in [3.05, 3.63) is 47.5 Å². The molecule has 76 valence electrons. The molecule has 0 fully saturated rings. The Hall–Kier alpha value is -1.28. The lowest BCUT2D eigenvalue weighted by atomic mass is 10.1. The number of allylic oxidation sites excluding steroid dienone is 4. The quantitative estimate of drug-likeness (QED) is 0.725. The summed E-state index contributed by atoms with van der Waals surface area (Å²) in [6.07, 6.45) is 6.16. The van der Waals surface area contributed by atoms with Crippen molar-refractivity contribution in [3.63, 3.8) is 0 Å². The van der Waals surface area contributed by atoms with Crippen molar-refractivity contribution in [2.75, 3.05) is 6.54 Å². The molecule has 14 heavy (non-hydrogen) atoms. The van der Waals surface area contributed by atoms with E-state index in [4.69, 9.17) is 5.73 Å². The molecule has 0 atom stereocenters. The topological polar surface area (TPSA) is 29.3 Å². The summed E-state index contributed by atoms with van der Waals surface area (Å²) in [6, 6.07) is 0. The van der Waals surface area contributed by atoms with Crippen molar-refractivity contribution in [2.24, 2.45) is 5.73 Å². The maximum atomic E-state index is 5.61. The molecule has 0 unspecified atom stereocenters. The molecule has 1 aliphatic heterocycles. The summed E-state index contributed by atoms with van der Waals surface area (Å²) in [4.78, 5) is 2.08. The van der Waals surface area contributed by atoms with E-state index in [1.54, 1.807) is 0 Å². The summed E-state index contributed by atoms with van der Waals surface area (Å²) >= 11 is 0. The summed E-state index contributed by atoms with van der Waals surface area (Å²) in [5.41, 5.74) is 10.2. The summed E-state index contributed by atoms with van der Waals surface area (Å²) in [6.45, 7) is 10.8. The minimum Gasteiger partial charge on any atom is -0.327 e. The summed E-state index contributed by atoms with van der Waals surface area (Å²) in [7, 11) is 0. The molecule has 1 aliphatic rings. The Morgan fingerprint density at radius 3 is 2.64 bits per heavy atom. The second-order valence-electron chi connectivity index (χ2n) is 3.64. The first-order valence-corrected chi connectivity index (χ1v) is 4.77. The molecule has 0 aromatic carbocycles. The third-order valence-electron chi connectivity index (χ3n) is 2.47. The van der Waals surface area contributed by atoms with Gasteiger partial charge in [-0.3, -0.25) is 0 Å². The molecule has 0 amide bonds. The second-order valence-corrected chi connectivity index (χ2v) is 3.64. The van der Waals surface area contributed by atoms with Gasteiger partial charge in [0, 0.05) is 24.1 Å². The summed E-state index contributed by atoms with van der Waals surface area (Å²) in [5.74, 6) is 0. The molecule has 0 bridgehead atoms. The molecule has 0 spiro atoms. The van der Waals surface area contributed by atoms with Crippen LogP contribution in [0.4, 0.5) is 0 Å². The predicted molar refractivity (Wildman–Crippen MR) is 61.3 cm³/mol. The van der Waals surface area contributed by atoms with E-state index in [9.17, 15) is 0 Å². The third kappa shape index (κ3) is 2.15. The first kappa shape index (κ1) is 10.8. The van der Waals surface area contributed by atoms with Gasteiger partial charge in [0.15, 0.2) is 0 Å². The predicted octanol–water partition coefficient (Wildman–Crippen LogP) is 2.53. The van der Waals surface area contributed by atoms with Gasteiger partial charge in [-0.1, -0.05) is 12.7 Å². The first-order chi connectivity index (χ1) is 6.56. The van der Waals surface area contributed by atoms with E-state index in [1.165, 1.54) is 16.8 Å². The Morgan fingerprint density at radius 1 is 1.43 bits per heavy atom. The fraction of sp³-hybridized carbons (Fsp3) is 0.333. The lowest BCUT2D eigenvalue weighted by Crippen LogP contribution is -2.18. The molecular formula is C12H18N2. The van der Waals surface area contributed by atoms with Crippen LogP contribution < -0.4 is 5.73 Å². The number of hydrogen-bond donors (Lipinski definition) is 1. The Kier molecular flexibility index (Phi) is 3.31. The largest absolute Gasteiger partial charge is 0.327 e. The van der Waals surface area contributed by atoms with E-state index in [1.807, 2.05) is 13.0 Å². The molecule has 0 radical (unpaired) electrons. The molecule has 1 rings (SSSR count). The van der Waals surface area contributed by atoms with Gasteiger partial charge in [0.25, 0.3) is 0 Å². The smallest absolute Gasteiger partial charge is 0.0380 e. The highest BCUT2D eigenvalue weighted by Crippen LogP contribution is 2.21. The van der Waals surface area contributed by atoms with Gasteiger partial charge in [0.1, 0.15) is 0 Å². The number of nitrogens with two attached hydrogens (primary N) is 1. The molecule has 2 nitrogen and oxygen atoms in total. The number of hydrogen-bond acceptors (Lipinski definition) is 2. The van der Waals surface area contributed by atoms with Crippen LogP contribution in [0.5, 0.6) is 0 Å². The molecule has 0 aromatic rings. The van der Waals surface area contributed by atoms with Crippen molar-refractivity contribution in [1.82, 2.24) is 4.90 Å². The van der Waals surface area contributed by atoms with Crippen molar-refractivity contribution >= 4 is 0 Å². The lowest BCUT2D eigenvalue weighted by Gasteiger charge is -2.26. The SMILES string of the molecule is C=C1C=CC(C)=CN1/C(C)=C(\C)CN. The highest BCUT2D eigenvalue weighted by Gasteiger charge is 2.10. The summed E-state index contributed by atoms with van der Waals surface area (Å²) in [5, 5.41) is 0. The zero-order chi connectivity index (χ0) is 10.7. The van der Waals surface area contributed by atoms with Gasteiger partial charge in [0.05, 0.1) is 0 Å². The minimum atomic E-state index is 0.589. The van der Waals surface area contributed by atoms with E-state index in [0.29, 0.717) is 6.54 Å². The number of rotatable bonds is 2. The van der Waals surface area contributed by atoms with Crippen molar-refractivity contribution in [3.8, 4) is 0 Å². The Bertz CT molecular complexity index is 332. The van der Waals surface area contributed by atoms with Gasteiger partial charge in [-0.25, -0.2) is 0 Å². The van der Waals surface area contributed by atoms with Crippen molar-refractivity contribution < 1.29 is 0 Å². The average molecular weight is 190 g/mol. The van der Waals surface area contributed by atoms with E-state index < -0.39 is 0 Å². The maximum absolute atomic E-state index is 5.61.